The average molecular weight is 331 g/mol. The Morgan fingerprint density at radius 1 is 1.40 bits per heavy atom. The highest BCUT2D eigenvalue weighted by atomic mass is 127. The molecule has 0 spiro atoms. The van der Waals surface area contributed by atoms with Crippen LogP contribution in [0.1, 0.15) is 13.3 Å². The molecule has 0 radical (unpaired) electrons. The minimum Gasteiger partial charge on any atom is -0.395 e. The Morgan fingerprint density at radius 3 is 2.67 bits per heavy atom. The summed E-state index contributed by atoms with van der Waals surface area (Å²) in [7, 11) is 1.68. The minimum atomic E-state index is 0. The van der Waals surface area contributed by atoms with Crippen molar-refractivity contribution in [1.82, 2.24) is 10.6 Å². The van der Waals surface area contributed by atoms with E-state index >= 15 is 0 Å². The molecule has 15 heavy (non-hydrogen) atoms. The molecule has 0 saturated carbocycles. The Bertz CT molecular complexity index is 156. The molecule has 6 heteroatoms. The fourth-order valence-corrected chi connectivity index (χ4v) is 0.916. The number of rotatable bonds is 7. The van der Waals surface area contributed by atoms with Crippen LogP contribution in [0.15, 0.2) is 4.99 Å². The molecule has 0 aliphatic rings. The summed E-state index contributed by atoms with van der Waals surface area (Å²) in [4.78, 5) is 4.29. The van der Waals surface area contributed by atoms with E-state index in [-0.39, 0.29) is 30.6 Å². The highest BCUT2D eigenvalue weighted by Crippen LogP contribution is 1.82. The van der Waals surface area contributed by atoms with E-state index in [2.05, 4.69) is 15.6 Å². The first-order valence-electron chi connectivity index (χ1n) is 4.97. The van der Waals surface area contributed by atoms with Gasteiger partial charge in [0.15, 0.2) is 5.96 Å². The van der Waals surface area contributed by atoms with Gasteiger partial charge in [0.2, 0.25) is 0 Å². The van der Waals surface area contributed by atoms with Gasteiger partial charge in [-0.1, -0.05) is 0 Å². The van der Waals surface area contributed by atoms with E-state index < -0.39 is 0 Å². The van der Waals surface area contributed by atoms with Crippen molar-refractivity contribution in [2.24, 2.45) is 4.99 Å². The standard InChI is InChI=1S/C9H21N3O2.HI/c1-3-10-9(12-6-7-13)11-5-4-8-14-2;/h13H,3-8H2,1-2H3,(H2,10,11,12);1H. The van der Waals surface area contributed by atoms with Crippen molar-refractivity contribution in [2.45, 2.75) is 13.3 Å². The quantitative estimate of drug-likeness (QED) is 0.270. The summed E-state index contributed by atoms with van der Waals surface area (Å²) in [5.41, 5.74) is 0. The lowest BCUT2D eigenvalue weighted by Crippen LogP contribution is -2.38. The zero-order valence-corrected chi connectivity index (χ0v) is 11.8. The highest BCUT2D eigenvalue weighted by molar-refractivity contribution is 14.0. The molecular weight excluding hydrogens is 309 g/mol. The number of halogens is 1. The van der Waals surface area contributed by atoms with Gasteiger partial charge in [-0.25, -0.2) is 0 Å². The van der Waals surface area contributed by atoms with Crippen LogP contribution < -0.4 is 10.6 Å². The lowest BCUT2D eigenvalue weighted by atomic mass is 10.5. The molecule has 0 saturated heterocycles. The van der Waals surface area contributed by atoms with Crippen LogP contribution in [0.4, 0.5) is 0 Å². The topological polar surface area (TPSA) is 65.9 Å². The Morgan fingerprint density at radius 2 is 2.13 bits per heavy atom. The molecule has 0 bridgehead atoms. The van der Waals surface area contributed by atoms with Crippen molar-refractivity contribution < 1.29 is 9.84 Å². The summed E-state index contributed by atoms with van der Waals surface area (Å²) < 4.78 is 4.91. The van der Waals surface area contributed by atoms with Gasteiger partial charge in [0.25, 0.3) is 0 Å². The van der Waals surface area contributed by atoms with Crippen LogP contribution in [0, 0.1) is 0 Å². The largest absolute Gasteiger partial charge is 0.395 e. The Labute approximate surface area is 109 Å². The van der Waals surface area contributed by atoms with Gasteiger partial charge in [-0.05, 0) is 13.3 Å². The second kappa shape index (κ2) is 13.9. The zero-order chi connectivity index (χ0) is 10.6. The van der Waals surface area contributed by atoms with E-state index in [1.54, 1.807) is 7.11 Å². The molecule has 0 rings (SSSR count). The molecule has 0 aromatic carbocycles. The van der Waals surface area contributed by atoms with Crippen LogP contribution >= 0.6 is 24.0 Å². The van der Waals surface area contributed by atoms with Crippen LogP contribution in [0.25, 0.3) is 0 Å². The normalized spacial score (nSPS) is 10.7. The lowest BCUT2D eigenvalue weighted by molar-refractivity contribution is 0.197. The van der Waals surface area contributed by atoms with Gasteiger partial charge in [0, 0.05) is 33.4 Å². The predicted octanol–water partition coefficient (Wildman–Crippen LogP) is 0.188. The molecule has 0 atom stereocenters. The SMILES string of the molecule is CCNC(=NCCCOC)NCCO.I. The second-order valence-corrected chi connectivity index (χ2v) is 2.76. The van der Waals surface area contributed by atoms with Gasteiger partial charge in [0.1, 0.15) is 0 Å². The van der Waals surface area contributed by atoms with E-state index in [1.165, 1.54) is 0 Å². The maximum absolute atomic E-state index is 8.63. The van der Waals surface area contributed by atoms with Crippen molar-refractivity contribution in [3.05, 3.63) is 0 Å². The first kappa shape index (κ1) is 17.3. The number of aliphatic hydroxyl groups excluding tert-OH is 1. The van der Waals surface area contributed by atoms with Crippen molar-refractivity contribution in [1.29, 1.82) is 0 Å². The molecule has 0 fully saturated rings. The molecular formula is C9H22IN3O2. The van der Waals surface area contributed by atoms with E-state index in [9.17, 15) is 0 Å². The lowest BCUT2D eigenvalue weighted by Gasteiger charge is -2.09. The Kier molecular flexibility index (Phi) is 16.1. The Balaban J connectivity index is 0. The maximum Gasteiger partial charge on any atom is 0.191 e. The van der Waals surface area contributed by atoms with Crippen LogP contribution in [0.5, 0.6) is 0 Å². The molecule has 0 amide bonds. The fraction of sp³-hybridized carbons (Fsp3) is 0.889. The van der Waals surface area contributed by atoms with E-state index in [1.807, 2.05) is 6.92 Å². The molecule has 0 aliphatic carbocycles. The molecule has 0 heterocycles. The van der Waals surface area contributed by atoms with Crippen LogP contribution in [-0.2, 0) is 4.74 Å². The van der Waals surface area contributed by atoms with Crippen LogP contribution in [-0.4, -0.2) is 51.0 Å². The van der Waals surface area contributed by atoms with Gasteiger partial charge in [-0.3, -0.25) is 4.99 Å². The summed E-state index contributed by atoms with van der Waals surface area (Å²) in [6, 6.07) is 0. The number of ether oxygens (including phenoxy) is 1. The minimum absolute atomic E-state index is 0. The number of nitrogens with one attached hydrogen (secondary N) is 2. The average Bonchev–Trinajstić information content (AvgIpc) is 2.20. The van der Waals surface area contributed by atoms with E-state index in [0.717, 1.165) is 32.1 Å². The number of methoxy groups -OCH3 is 1. The highest BCUT2D eigenvalue weighted by Gasteiger charge is 1.94. The fourth-order valence-electron chi connectivity index (χ4n) is 0.916. The number of aliphatic hydroxyl groups is 1. The molecule has 5 nitrogen and oxygen atoms in total. The molecule has 0 aromatic heterocycles. The maximum atomic E-state index is 8.63. The van der Waals surface area contributed by atoms with Crippen LogP contribution in [0.2, 0.25) is 0 Å². The zero-order valence-electron chi connectivity index (χ0n) is 9.45. The first-order valence-corrected chi connectivity index (χ1v) is 4.97. The molecule has 3 N–H and O–H groups in total. The first-order chi connectivity index (χ1) is 6.85. The summed E-state index contributed by atoms with van der Waals surface area (Å²) in [5.74, 6) is 0.748. The summed E-state index contributed by atoms with van der Waals surface area (Å²) >= 11 is 0. The number of nitrogens with zero attached hydrogens (tertiary/aromatic N) is 1. The van der Waals surface area contributed by atoms with Crippen LogP contribution in [0.3, 0.4) is 0 Å². The third-order valence-corrected chi connectivity index (χ3v) is 1.52. The third kappa shape index (κ3) is 11.8. The smallest absolute Gasteiger partial charge is 0.191 e. The molecule has 0 aliphatic heterocycles. The predicted molar refractivity (Wildman–Crippen MR) is 73.0 cm³/mol. The van der Waals surface area contributed by atoms with E-state index in [4.69, 9.17) is 9.84 Å². The number of aliphatic imine (C=N–C) groups is 1. The summed E-state index contributed by atoms with van der Waals surface area (Å²) in [6.07, 6.45) is 0.909. The molecule has 0 aromatic rings. The number of hydrogen-bond acceptors (Lipinski definition) is 3. The monoisotopic (exact) mass is 331 g/mol. The van der Waals surface area contributed by atoms with Crippen molar-refractivity contribution in [3.8, 4) is 0 Å². The summed E-state index contributed by atoms with van der Waals surface area (Å²) in [6.45, 7) is 4.92. The summed E-state index contributed by atoms with van der Waals surface area (Å²) in [5, 5.41) is 14.7. The van der Waals surface area contributed by atoms with Crippen molar-refractivity contribution in [2.75, 3.05) is 40.0 Å². The number of guanidine groups is 1. The third-order valence-electron chi connectivity index (χ3n) is 1.52. The molecule has 0 unspecified atom stereocenters. The second-order valence-electron chi connectivity index (χ2n) is 2.76. The van der Waals surface area contributed by atoms with Crippen molar-refractivity contribution in [3.63, 3.8) is 0 Å². The van der Waals surface area contributed by atoms with E-state index in [0.29, 0.717) is 6.54 Å². The Hall–Kier alpha value is -0.0800. The molecule has 92 valence electrons. The van der Waals surface area contributed by atoms with Gasteiger partial charge in [0.05, 0.1) is 6.61 Å². The number of hydrogen-bond donors (Lipinski definition) is 3. The van der Waals surface area contributed by atoms with Gasteiger partial charge >= 0.3 is 0 Å². The van der Waals surface area contributed by atoms with Gasteiger partial charge in [-0.15, -0.1) is 24.0 Å². The van der Waals surface area contributed by atoms with Gasteiger partial charge < -0.3 is 20.5 Å². The van der Waals surface area contributed by atoms with Crippen molar-refractivity contribution >= 4 is 29.9 Å². The van der Waals surface area contributed by atoms with Gasteiger partial charge in [-0.2, -0.15) is 0 Å².